The van der Waals surface area contributed by atoms with E-state index in [0.717, 1.165) is 71.8 Å². The van der Waals surface area contributed by atoms with Crippen molar-refractivity contribution >= 4 is 39.9 Å². The number of hydrogen-bond acceptors (Lipinski definition) is 8. The minimum atomic E-state index is -0.100. The molecule has 0 unspecified atom stereocenters. The molecule has 1 saturated carbocycles. The van der Waals surface area contributed by atoms with Crippen LogP contribution in [0.2, 0.25) is 0 Å². The zero-order valence-electron chi connectivity index (χ0n) is 21.0. The molecule has 1 fully saturated rings. The van der Waals surface area contributed by atoms with Crippen LogP contribution in [0.15, 0.2) is 47.8 Å². The van der Waals surface area contributed by atoms with Crippen molar-refractivity contribution in [2.45, 2.75) is 44.2 Å². The number of rotatable bonds is 6. The maximum atomic E-state index is 12.9. The summed E-state index contributed by atoms with van der Waals surface area (Å²) < 4.78 is 5.60. The molecule has 37 heavy (non-hydrogen) atoms. The molecule has 8 nitrogen and oxygen atoms in total. The van der Waals surface area contributed by atoms with Crippen LogP contribution in [0.25, 0.3) is 21.5 Å². The number of nitrogens with zero attached hydrogens (tertiary/aromatic N) is 4. The van der Waals surface area contributed by atoms with Gasteiger partial charge in [0.15, 0.2) is 0 Å². The van der Waals surface area contributed by atoms with Crippen LogP contribution < -0.4 is 20.3 Å². The molecule has 9 heteroatoms. The van der Waals surface area contributed by atoms with Gasteiger partial charge in [-0.05, 0) is 61.6 Å². The number of nitrogens with one attached hydrogen (secondary N) is 2. The second-order valence-corrected chi connectivity index (χ2v) is 10.8. The number of para-hydroxylation sites is 1. The van der Waals surface area contributed by atoms with Crippen molar-refractivity contribution < 1.29 is 9.53 Å². The molecule has 2 aromatic heterocycles. The monoisotopic (exact) mass is 514 g/mol. The Morgan fingerprint density at radius 2 is 1.84 bits per heavy atom. The first-order valence-corrected chi connectivity index (χ1v) is 13.6. The fourth-order valence-electron chi connectivity index (χ4n) is 5.12. The standard InChI is InChI=1S/C28H30N6O2S/c1-34(2)25-21-5-3-4-6-22(21)32-28(33-25)30-20-10-8-19(9-11-20)29-26(35)23-16-37-27(31-23)18-7-12-24-17(15-18)13-14-36-24/h3-7,12,15-16,19-20H,8-11,13-14H2,1-2H3,(H,29,35)(H,30,32,33)/t19-,20+. The zero-order chi connectivity index (χ0) is 25.4. The Morgan fingerprint density at radius 1 is 1.03 bits per heavy atom. The first-order valence-electron chi connectivity index (χ1n) is 12.8. The maximum Gasteiger partial charge on any atom is 0.270 e. The number of ether oxygens (including phenoxy) is 1. The van der Waals surface area contributed by atoms with E-state index < -0.39 is 0 Å². The molecule has 4 aromatic rings. The van der Waals surface area contributed by atoms with Crippen LogP contribution in [0.5, 0.6) is 5.75 Å². The van der Waals surface area contributed by atoms with E-state index in [0.29, 0.717) is 11.6 Å². The van der Waals surface area contributed by atoms with Crippen LogP contribution in [-0.4, -0.2) is 53.6 Å². The van der Waals surface area contributed by atoms with Gasteiger partial charge in [0.05, 0.1) is 12.1 Å². The van der Waals surface area contributed by atoms with Gasteiger partial charge in [-0.2, -0.15) is 4.98 Å². The van der Waals surface area contributed by atoms with Gasteiger partial charge in [-0.1, -0.05) is 12.1 Å². The Morgan fingerprint density at radius 3 is 2.68 bits per heavy atom. The van der Waals surface area contributed by atoms with E-state index >= 15 is 0 Å². The van der Waals surface area contributed by atoms with Crippen LogP contribution in [-0.2, 0) is 6.42 Å². The third kappa shape index (κ3) is 4.96. The number of hydrogen-bond donors (Lipinski definition) is 2. The summed E-state index contributed by atoms with van der Waals surface area (Å²) in [6.45, 7) is 0.731. The maximum absolute atomic E-state index is 12.9. The molecule has 2 aromatic carbocycles. The van der Waals surface area contributed by atoms with Crippen molar-refractivity contribution in [3.63, 3.8) is 0 Å². The number of anilines is 2. The van der Waals surface area contributed by atoms with E-state index in [1.54, 1.807) is 0 Å². The van der Waals surface area contributed by atoms with Crippen molar-refractivity contribution in [1.82, 2.24) is 20.3 Å². The molecule has 2 aliphatic rings. The highest BCUT2D eigenvalue weighted by Gasteiger charge is 2.25. The lowest BCUT2D eigenvalue weighted by molar-refractivity contribution is 0.0922. The van der Waals surface area contributed by atoms with Crippen LogP contribution >= 0.6 is 11.3 Å². The SMILES string of the molecule is CN(C)c1nc(N[C@H]2CC[C@@H](NC(=O)c3csc(-c4ccc5c(c4)CCO5)n3)CC2)nc2ccccc12. The van der Waals surface area contributed by atoms with E-state index in [1.165, 1.54) is 16.9 Å². The first-order chi connectivity index (χ1) is 18.0. The molecule has 0 radical (unpaired) electrons. The number of carbonyl (C=O) groups excluding carboxylic acids is 1. The molecule has 1 amide bonds. The van der Waals surface area contributed by atoms with Gasteiger partial charge in [-0.25, -0.2) is 9.97 Å². The summed E-state index contributed by atoms with van der Waals surface area (Å²) in [5.41, 5.74) is 3.66. The minimum absolute atomic E-state index is 0.100. The van der Waals surface area contributed by atoms with Crippen molar-refractivity contribution in [3.05, 3.63) is 59.1 Å². The molecule has 0 atom stereocenters. The molecule has 0 spiro atoms. The second-order valence-electron chi connectivity index (χ2n) is 9.91. The van der Waals surface area contributed by atoms with Gasteiger partial charge in [0.25, 0.3) is 5.91 Å². The highest BCUT2D eigenvalue weighted by Crippen LogP contribution is 2.32. The Labute approximate surface area is 220 Å². The van der Waals surface area contributed by atoms with Gasteiger partial charge in [0.1, 0.15) is 22.3 Å². The summed E-state index contributed by atoms with van der Waals surface area (Å²) in [5, 5.41) is 10.5. The molecule has 1 aliphatic heterocycles. The van der Waals surface area contributed by atoms with Crippen molar-refractivity contribution in [2.75, 3.05) is 30.9 Å². The van der Waals surface area contributed by atoms with Crippen molar-refractivity contribution in [2.24, 2.45) is 0 Å². The van der Waals surface area contributed by atoms with Crippen LogP contribution in [0.4, 0.5) is 11.8 Å². The molecule has 6 rings (SSSR count). The molecule has 2 N–H and O–H groups in total. The average Bonchev–Trinajstić information content (AvgIpc) is 3.59. The fraction of sp³-hybridized carbons (Fsp3) is 0.357. The third-order valence-corrected chi connectivity index (χ3v) is 7.97. The van der Waals surface area contributed by atoms with Gasteiger partial charge in [0, 0.05) is 48.9 Å². The number of thiazole rings is 1. The summed E-state index contributed by atoms with van der Waals surface area (Å²) in [5.74, 6) is 2.42. The molecule has 3 heterocycles. The predicted octanol–water partition coefficient (Wildman–Crippen LogP) is 4.91. The third-order valence-electron chi connectivity index (χ3n) is 7.08. The highest BCUT2D eigenvalue weighted by atomic mass is 32.1. The molecular weight excluding hydrogens is 484 g/mol. The van der Waals surface area contributed by atoms with Crippen molar-refractivity contribution in [3.8, 4) is 16.3 Å². The van der Waals surface area contributed by atoms with E-state index in [2.05, 4.69) is 21.7 Å². The first kappa shape index (κ1) is 23.7. The fourth-order valence-corrected chi connectivity index (χ4v) is 5.92. The lowest BCUT2D eigenvalue weighted by Gasteiger charge is -2.29. The molecule has 0 bridgehead atoms. The Hall–Kier alpha value is -3.72. The summed E-state index contributed by atoms with van der Waals surface area (Å²) in [6.07, 6.45) is 4.61. The molecular formula is C28H30N6O2S. The number of carbonyl (C=O) groups is 1. The Bertz CT molecular complexity index is 1440. The second kappa shape index (κ2) is 9.97. The summed E-state index contributed by atoms with van der Waals surface area (Å²) >= 11 is 1.50. The lowest BCUT2D eigenvalue weighted by Crippen LogP contribution is -2.40. The summed E-state index contributed by atoms with van der Waals surface area (Å²) in [4.78, 5) is 29.1. The van der Waals surface area contributed by atoms with Crippen LogP contribution in [0.1, 0.15) is 41.7 Å². The van der Waals surface area contributed by atoms with Gasteiger partial charge in [-0.15, -0.1) is 11.3 Å². The largest absolute Gasteiger partial charge is 0.493 e. The number of fused-ring (bicyclic) bond motifs is 2. The van der Waals surface area contributed by atoms with Gasteiger partial charge < -0.3 is 20.3 Å². The van der Waals surface area contributed by atoms with Gasteiger partial charge in [-0.3, -0.25) is 4.79 Å². The number of aromatic nitrogens is 3. The average molecular weight is 515 g/mol. The van der Waals surface area contributed by atoms with E-state index in [-0.39, 0.29) is 18.0 Å². The lowest BCUT2D eigenvalue weighted by atomic mass is 9.91. The molecule has 0 saturated heterocycles. The normalized spacial score (nSPS) is 18.8. The van der Waals surface area contributed by atoms with E-state index in [1.807, 2.05) is 60.8 Å². The van der Waals surface area contributed by atoms with Crippen molar-refractivity contribution in [1.29, 1.82) is 0 Å². The predicted molar refractivity (Wildman–Crippen MR) is 148 cm³/mol. The summed E-state index contributed by atoms with van der Waals surface area (Å²) in [7, 11) is 4.00. The number of amides is 1. The number of benzene rings is 2. The topological polar surface area (TPSA) is 92.3 Å². The van der Waals surface area contributed by atoms with Gasteiger partial charge >= 0.3 is 0 Å². The zero-order valence-corrected chi connectivity index (χ0v) is 21.8. The quantitative estimate of drug-likeness (QED) is 0.378. The van der Waals surface area contributed by atoms with Crippen LogP contribution in [0.3, 0.4) is 0 Å². The Kier molecular flexibility index (Phi) is 6.38. The smallest absolute Gasteiger partial charge is 0.270 e. The molecule has 1 aliphatic carbocycles. The summed E-state index contributed by atoms with van der Waals surface area (Å²) in [6, 6.07) is 14.6. The van der Waals surface area contributed by atoms with Crippen LogP contribution in [0, 0.1) is 0 Å². The molecule has 190 valence electrons. The van der Waals surface area contributed by atoms with E-state index in [4.69, 9.17) is 14.7 Å². The van der Waals surface area contributed by atoms with Gasteiger partial charge in [0.2, 0.25) is 5.95 Å². The highest BCUT2D eigenvalue weighted by molar-refractivity contribution is 7.13. The van der Waals surface area contributed by atoms with E-state index in [9.17, 15) is 4.79 Å². The Balaban J connectivity index is 1.05. The minimum Gasteiger partial charge on any atom is -0.493 e.